The lowest BCUT2D eigenvalue weighted by atomic mass is 10.1. The molecule has 0 aliphatic carbocycles. The van der Waals surface area contributed by atoms with Crippen molar-refractivity contribution in [2.75, 3.05) is 18.5 Å². The molecule has 5 N–H and O–H groups in total. The minimum Gasteiger partial charge on any atom is -0.462 e. The van der Waals surface area contributed by atoms with Gasteiger partial charge in [-0.1, -0.05) is 23.7 Å². The first-order valence-electron chi connectivity index (χ1n) is 8.29. The van der Waals surface area contributed by atoms with E-state index in [1.165, 1.54) is 0 Å². The molecule has 9 heteroatoms. The molecule has 0 fully saturated rings. The Kier molecular flexibility index (Phi) is 7.35. The smallest absolute Gasteiger partial charge is 0.341 e. The molecule has 2 amide bonds. The molecule has 27 heavy (non-hydrogen) atoms. The molecule has 0 unspecified atom stereocenters. The Balaban J connectivity index is 2.05. The highest BCUT2D eigenvalue weighted by Crippen LogP contribution is 2.33. The second-order valence-electron chi connectivity index (χ2n) is 5.72. The van der Waals surface area contributed by atoms with Crippen LogP contribution in [-0.4, -0.2) is 30.9 Å². The van der Waals surface area contributed by atoms with Crippen molar-refractivity contribution in [1.29, 1.82) is 0 Å². The zero-order chi connectivity index (χ0) is 20.0. The number of nitrogens with one attached hydrogen (secondary N) is 1. The van der Waals surface area contributed by atoms with Gasteiger partial charge in [-0.15, -0.1) is 11.3 Å². The van der Waals surface area contributed by atoms with E-state index in [2.05, 4.69) is 5.32 Å². The van der Waals surface area contributed by atoms with Crippen LogP contribution >= 0.6 is 22.9 Å². The van der Waals surface area contributed by atoms with Gasteiger partial charge in [-0.3, -0.25) is 9.59 Å². The molecule has 0 radical (unpaired) electrons. The normalized spacial score (nSPS) is 10.5. The van der Waals surface area contributed by atoms with E-state index in [0.29, 0.717) is 17.1 Å². The molecule has 0 aliphatic rings. The van der Waals surface area contributed by atoms with Crippen LogP contribution in [0.3, 0.4) is 0 Å². The van der Waals surface area contributed by atoms with Gasteiger partial charge < -0.3 is 21.1 Å². The third kappa shape index (κ3) is 5.53. The second kappa shape index (κ2) is 9.50. The Labute approximate surface area is 165 Å². The van der Waals surface area contributed by atoms with E-state index in [4.69, 9.17) is 22.1 Å². The van der Waals surface area contributed by atoms with Crippen molar-refractivity contribution in [2.45, 2.75) is 20.4 Å². The first kappa shape index (κ1) is 20.9. The summed E-state index contributed by atoms with van der Waals surface area (Å²) in [6.07, 6.45) is 0. The van der Waals surface area contributed by atoms with E-state index in [1.54, 1.807) is 26.0 Å². The third-order valence-electron chi connectivity index (χ3n) is 3.73. The number of quaternary nitrogens is 1. The maximum absolute atomic E-state index is 12.3. The van der Waals surface area contributed by atoms with E-state index < -0.39 is 11.9 Å². The van der Waals surface area contributed by atoms with Crippen molar-refractivity contribution >= 4 is 45.7 Å². The SMILES string of the molecule is CCOC(=O)c1c(NC(=O)C[NH2+]Cc2ccc(Cl)cc2)sc(C(N)=O)c1C. The van der Waals surface area contributed by atoms with Crippen LogP contribution in [0.1, 0.15) is 38.1 Å². The van der Waals surface area contributed by atoms with Gasteiger partial charge in [0.25, 0.3) is 11.8 Å². The first-order chi connectivity index (χ1) is 12.8. The number of primary amides is 1. The molecule has 1 heterocycles. The highest BCUT2D eigenvalue weighted by Gasteiger charge is 2.25. The standard InChI is InChI=1S/C18H20ClN3O4S/c1-3-26-18(25)14-10(2)15(16(20)24)27-17(14)22-13(23)9-21-8-11-4-6-12(19)7-5-11/h4-7,21H,3,8-9H2,1-2H3,(H2,20,24)(H,22,23)/p+1. The van der Waals surface area contributed by atoms with Crippen LogP contribution in [0, 0.1) is 6.92 Å². The summed E-state index contributed by atoms with van der Waals surface area (Å²) in [5.74, 6) is -1.55. The zero-order valence-electron chi connectivity index (χ0n) is 15.0. The van der Waals surface area contributed by atoms with Gasteiger partial charge in [-0.2, -0.15) is 0 Å². The molecule has 144 valence electrons. The number of halogens is 1. The lowest BCUT2D eigenvalue weighted by Gasteiger charge is -2.07. The largest absolute Gasteiger partial charge is 0.462 e. The van der Waals surface area contributed by atoms with Gasteiger partial charge in [-0.05, 0) is 31.5 Å². The van der Waals surface area contributed by atoms with Crippen molar-refractivity contribution in [3.8, 4) is 0 Å². The predicted molar refractivity (Wildman–Crippen MR) is 104 cm³/mol. The molecular formula is C18H21ClN3O4S+. The lowest BCUT2D eigenvalue weighted by molar-refractivity contribution is -0.659. The quantitative estimate of drug-likeness (QED) is 0.574. The van der Waals surface area contributed by atoms with Crippen LogP contribution in [0.25, 0.3) is 0 Å². The first-order valence-corrected chi connectivity index (χ1v) is 9.49. The number of rotatable bonds is 8. The Morgan fingerprint density at radius 3 is 2.52 bits per heavy atom. The summed E-state index contributed by atoms with van der Waals surface area (Å²) >= 11 is 6.81. The summed E-state index contributed by atoms with van der Waals surface area (Å²) in [4.78, 5) is 36.2. The van der Waals surface area contributed by atoms with Crippen LogP contribution < -0.4 is 16.4 Å². The Morgan fingerprint density at radius 2 is 1.93 bits per heavy atom. The maximum atomic E-state index is 12.3. The number of carbonyl (C=O) groups is 3. The summed E-state index contributed by atoms with van der Waals surface area (Å²) < 4.78 is 5.02. The summed E-state index contributed by atoms with van der Waals surface area (Å²) in [7, 11) is 0. The summed E-state index contributed by atoms with van der Waals surface area (Å²) in [5.41, 5.74) is 6.95. The number of anilines is 1. The summed E-state index contributed by atoms with van der Waals surface area (Å²) in [5, 5.41) is 5.42. The monoisotopic (exact) mass is 410 g/mol. The molecule has 0 saturated heterocycles. The number of esters is 1. The van der Waals surface area contributed by atoms with Gasteiger partial charge in [0.2, 0.25) is 0 Å². The molecule has 2 aromatic rings. The average molecular weight is 411 g/mol. The fourth-order valence-corrected chi connectivity index (χ4v) is 3.64. The summed E-state index contributed by atoms with van der Waals surface area (Å²) in [6.45, 7) is 4.21. The van der Waals surface area contributed by atoms with E-state index in [9.17, 15) is 14.4 Å². The van der Waals surface area contributed by atoms with Crippen LogP contribution in [0.2, 0.25) is 5.02 Å². The van der Waals surface area contributed by atoms with E-state index in [1.807, 2.05) is 17.4 Å². The van der Waals surface area contributed by atoms with Crippen molar-refractivity contribution in [3.05, 3.63) is 50.9 Å². The highest BCUT2D eigenvalue weighted by atomic mass is 35.5. The van der Waals surface area contributed by atoms with E-state index in [-0.39, 0.29) is 34.5 Å². The van der Waals surface area contributed by atoms with Gasteiger partial charge >= 0.3 is 5.97 Å². The van der Waals surface area contributed by atoms with E-state index >= 15 is 0 Å². The Hall–Kier alpha value is -2.42. The molecule has 0 aliphatic heterocycles. The number of hydrogen-bond acceptors (Lipinski definition) is 5. The number of hydrogen-bond donors (Lipinski definition) is 3. The minimum absolute atomic E-state index is 0.147. The van der Waals surface area contributed by atoms with Crippen LogP contribution in [0.15, 0.2) is 24.3 Å². The predicted octanol–water partition coefficient (Wildman–Crippen LogP) is 1.69. The van der Waals surface area contributed by atoms with Crippen molar-refractivity contribution in [2.24, 2.45) is 5.73 Å². The molecule has 1 aromatic heterocycles. The maximum Gasteiger partial charge on any atom is 0.341 e. The van der Waals surface area contributed by atoms with E-state index in [0.717, 1.165) is 16.9 Å². The van der Waals surface area contributed by atoms with Gasteiger partial charge in [0, 0.05) is 10.6 Å². The van der Waals surface area contributed by atoms with Crippen molar-refractivity contribution < 1.29 is 24.4 Å². The van der Waals surface area contributed by atoms with Gasteiger partial charge in [0.1, 0.15) is 11.5 Å². The lowest BCUT2D eigenvalue weighted by Crippen LogP contribution is -2.84. The molecule has 0 bridgehead atoms. The van der Waals surface area contributed by atoms with Crippen LogP contribution in [-0.2, 0) is 16.1 Å². The fraction of sp³-hybridized carbons (Fsp3) is 0.278. The van der Waals surface area contributed by atoms with Crippen molar-refractivity contribution in [3.63, 3.8) is 0 Å². The third-order valence-corrected chi connectivity index (χ3v) is 5.20. The van der Waals surface area contributed by atoms with Crippen LogP contribution in [0.5, 0.6) is 0 Å². The van der Waals surface area contributed by atoms with Gasteiger partial charge in [-0.25, -0.2) is 4.79 Å². The Morgan fingerprint density at radius 1 is 1.26 bits per heavy atom. The van der Waals surface area contributed by atoms with Gasteiger partial charge in [0.15, 0.2) is 6.54 Å². The molecule has 2 rings (SSSR count). The number of ether oxygens (including phenoxy) is 1. The summed E-state index contributed by atoms with van der Waals surface area (Å²) in [6, 6.07) is 7.35. The molecule has 0 saturated carbocycles. The molecular weight excluding hydrogens is 390 g/mol. The van der Waals surface area contributed by atoms with Crippen LogP contribution in [0.4, 0.5) is 5.00 Å². The zero-order valence-corrected chi connectivity index (χ0v) is 16.6. The number of amides is 2. The van der Waals surface area contributed by atoms with Crippen molar-refractivity contribution in [1.82, 2.24) is 0 Å². The number of benzene rings is 1. The molecule has 1 aromatic carbocycles. The minimum atomic E-state index is -0.655. The molecule has 7 nitrogen and oxygen atoms in total. The number of thiophene rings is 1. The Bertz CT molecular complexity index is 849. The highest BCUT2D eigenvalue weighted by molar-refractivity contribution is 7.18. The van der Waals surface area contributed by atoms with Gasteiger partial charge in [0.05, 0.1) is 17.0 Å². The second-order valence-corrected chi connectivity index (χ2v) is 7.17. The molecule has 0 atom stereocenters. The molecule has 0 spiro atoms. The number of nitrogens with two attached hydrogens (primary N) is 2. The topological polar surface area (TPSA) is 115 Å². The fourth-order valence-electron chi connectivity index (χ4n) is 2.45. The average Bonchev–Trinajstić information content (AvgIpc) is 2.93. The number of carbonyl (C=O) groups excluding carboxylic acids is 3.